The Bertz CT molecular complexity index is 552. The van der Waals surface area contributed by atoms with Crippen LogP contribution < -0.4 is 4.74 Å². The van der Waals surface area contributed by atoms with Crippen LogP contribution in [0.25, 0.3) is 0 Å². The fourth-order valence-electron chi connectivity index (χ4n) is 1.92. The molecule has 2 nitrogen and oxygen atoms in total. The lowest BCUT2D eigenvalue weighted by Crippen LogP contribution is -2.04. The van der Waals surface area contributed by atoms with Crippen molar-refractivity contribution < 1.29 is 9.53 Å². The maximum Gasteiger partial charge on any atom is 0.163 e. The molecule has 0 aliphatic carbocycles. The minimum Gasteiger partial charge on any atom is -0.492 e. The minimum absolute atomic E-state index is 0.173. The number of thioether (sulfide) groups is 1. The summed E-state index contributed by atoms with van der Waals surface area (Å²) in [5, 5.41) is 0. The van der Waals surface area contributed by atoms with Crippen molar-refractivity contribution >= 4 is 17.5 Å². The van der Waals surface area contributed by atoms with Crippen molar-refractivity contribution in [3.8, 4) is 5.75 Å². The summed E-state index contributed by atoms with van der Waals surface area (Å²) < 4.78 is 5.74. The number of ether oxygens (including phenoxy) is 1. The molecule has 2 aromatic rings. The van der Waals surface area contributed by atoms with Crippen LogP contribution in [0.15, 0.2) is 59.5 Å². The number of hydrogen-bond donors (Lipinski definition) is 0. The van der Waals surface area contributed by atoms with Crippen LogP contribution in [0, 0.1) is 0 Å². The van der Waals surface area contributed by atoms with Crippen molar-refractivity contribution in [2.75, 3.05) is 12.9 Å². The van der Waals surface area contributed by atoms with Gasteiger partial charge in [-0.3, -0.25) is 4.79 Å². The van der Waals surface area contributed by atoms with E-state index in [1.807, 2.05) is 60.9 Å². The van der Waals surface area contributed by atoms with E-state index in [1.165, 1.54) is 0 Å². The number of hydrogen-bond acceptors (Lipinski definition) is 3. The maximum absolute atomic E-state index is 11.9. The lowest BCUT2D eigenvalue weighted by molar-refractivity contribution is 0.0973. The zero-order valence-corrected chi connectivity index (χ0v) is 12.4. The molecule has 20 heavy (non-hydrogen) atoms. The smallest absolute Gasteiger partial charge is 0.163 e. The molecule has 0 N–H and O–H groups in total. The second kappa shape index (κ2) is 7.75. The molecule has 0 aromatic heterocycles. The number of ketones is 1. The Labute approximate surface area is 124 Å². The molecular weight excluding hydrogens is 268 g/mol. The van der Waals surface area contributed by atoms with E-state index in [4.69, 9.17) is 4.74 Å². The largest absolute Gasteiger partial charge is 0.492 e. The molecular formula is C17H18O2S. The molecule has 104 valence electrons. The molecule has 2 rings (SSSR count). The molecule has 0 unspecified atom stereocenters. The Hall–Kier alpha value is -1.74. The van der Waals surface area contributed by atoms with Gasteiger partial charge in [0, 0.05) is 16.9 Å². The van der Waals surface area contributed by atoms with Gasteiger partial charge in [-0.1, -0.05) is 42.5 Å². The molecule has 0 bridgehead atoms. The quantitative estimate of drug-likeness (QED) is 0.427. The second-order valence-corrected chi connectivity index (χ2v) is 5.24. The van der Waals surface area contributed by atoms with E-state index < -0.39 is 0 Å². The molecule has 2 aromatic carbocycles. The lowest BCUT2D eigenvalue weighted by atomic mass is 10.1. The van der Waals surface area contributed by atoms with E-state index >= 15 is 0 Å². The topological polar surface area (TPSA) is 26.3 Å². The third-order valence-electron chi connectivity index (χ3n) is 2.97. The van der Waals surface area contributed by atoms with Gasteiger partial charge < -0.3 is 4.74 Å². The van der Waals surface area contributed by atoms with Crippen LogP contribution >= 0.6 is 11.8 Å². The first-order valence-electron chi connectivity index (χ1n) is 6.65. The normalized spacial score (nSPS) is 10.2. The molecule has 0 atom stereocenters. The zero-order chi connectivity index (χ0) is 14.2. The fraction of sp³-hybridized carbons (Fsp3) is 0.235. The highest BCUT2D eigenvalue weighted by Gasteiger charge is 2.05. The first-order chi connectivity index (χ1) is 9.81. The van der Waals surface area contributed by atoms with E-state index in [0.29, 0.717) is 13.0 Å². The highest BCUT2D eigenvalue weighted by atomic mass is 32.2. The van der Waals surface area contributed by atoms with E-state index in [0.717, 1.165) is 22.6 Å². The summed E-state index contributed by atoms with van der Waals surface area (Å²) in [6.45, 7) is 0.566. The Balaban J connectivity index is 1.78. The van der Waals surface area contributed by atoms with Crippen molar-refractivity contribution in [3.63, 3.8) is 0 Å². The van der Waals surface area contributed by atoms with Gasteiger partial charge in [-0.2, -0.15) is 0 Å². The van der Waals surface area contributed by atoms with Crippen LogP contribution in [-0.4, -0.2) is 18.6 Å². The van der Waals surface area contributed by atoms with E-state index in [2.05, 4.69) is 0 Å². The van der Waals surface area contributed by atoms with E-state index in [-0.39, 0.29) is 5.78 Å². The van der Waals surface area contributed by atoms with Crippen LogP contribution in [0.4, 0.5) is 0 Å². The van der Waals surface area contributed by atoms with Gasteiger partial charge in [0.05, 0.1) is 6.61 Å². The van der Waals surface area contributed by atoms with Crippen LogP contribution in [0.3, 0.4) is 0 Å². The van der Waals surface area contributed by atoms with Crippen LogP contribution in [0.5, 0.6) is 5.75 Å². The van der Waals surface area contributed by atoms with Gasteiger partial charge in [0.15, 0.2) is 5.78 Å². The second-order valence-electron chi connectivity index (χ2n) is 4.39. The average molecular weight is 286 g/mol. The van der Waals surface area contributed by atoms with Gasteiger partial charge in [0.1, 0.15) is 5.75 Å². The third-order valence-corrected chi connectivity index (χ3v) is 3.75. The average Bonchev–Trinajstić information content (AvgIpc) is 2.52. The van der Waals surface area contributed by atoms with Crippen molar-refractivity contribution in [3.05, 3.63) is 60.2 Å². The molecule has 0 amide bonds. The summed E-state index contributed by atoms with van der Waals surface area (Å²) >= 11 is 1.66. The van der Waals surface area contributed by atoms with E-state index in [1.54, 1.807) is 11.8 Å². The van der Waals surface area contributed by atoms with Gasteiger partial charge in [0.2, 0.25) is 0 Å². The standard InChI is InChI=1S/C17H18O2S/c1-20-17-12-6-5-11-16(17)19-13-7-10-15(18)14-8-3-2-4-9-14/h2-6,8-9,11-12H,7,10,13H2,1H3. The monoisotopic (exact) mass is 286 g/mol. The molecule has 3 heteroatoms. The summed E-state index contributed by atoms with van der Waals surface area (Å²) in [7, 11) is 0. The number of Topliss-reactive ketones (excluding diaryl/α,β-unsaturated/α-hetero) is 1. The van der Waals surface area contributed by atoms with Gasteiger partial charge in [-0.25, -0.2) is 0 Å². The number of benzene rings is 2. The molecule has 0 saturated carbocycles. The zero-order valence-electron chi connectivity index (χ0n) is 11.5. The molecule has 0 heterocycles. The van der Waals surface area contributed by atoms with Crippen molar-refractivity contribution in [1.29, 1.82) is 0 Å². The Kier molecular flexibility index (Phi) is 5.69. The number of carbonyl (C=O) groups excluding carboxylic acids is 1. The summed E-state index contributed by atoms with van der Waals surface area (Å²) in [5.74, 6) is 1.07. The van der Waals surface area contributed by atoms with Gasteiger partial charge >= 0.3 is 0 Å². The molecule has 0 aliphatic rings. The van der Waals surface area contributed by atoms with Crippen molar-refractivity contribution in [1.82, 2.24) is 0 Å². The van der Waals surface area contributed by atoms with Crippen molar-refractivity contribution in [2.45, 2.75) is 17.7 Å². The summed E-state index contributed by atoms with van der Waals surface area (Å²) in [6, 6.07) is 17.4. The first kappa shape index (κ1) is 14.7. The lowest BCUT2D eigenvalue weighted by Gasteiger charge is -2.09. The molecule has 0 aliphatic heterocycles. The fourth-order valence-corrected chi connectivity index (χ4v) is 2.46. The molecule has 0 radical (unpaired) electrons. The Morgan fingerprint density at radius 3 is 2.50 bits per heavy atom. The third kappa shape index (κ3) is 4.14. The maximum atomic E-state index is 11.9. The number of rotatable bonds is 7. The molecule has 0 fully saturated rings. The molecule has 0 spiro atoms. The van der Waals surface area contributed by atoms with Gasteiger partial charge in [-0.05, 0) is 24.8 Å². The molecule has 0 saturated heterocycles. The first-order valence-corrected chi connectivity index (χ1v) is 7.88. The number of para-hydroxylation sites is 1. The summed E-state index contributed by atoms with van der Waals surface area (Å²) in [6.07, 6.45) is 3.28. The highest BCUT2D eigenvalue weighted by Crippen LogP contribution is 2.26. The van der Waals surface area contributed by atoms with Crippen molar-refractivity contribution in [2.24, 2.45) is 0 Å². The predicted molar refractivity (Wildman–Crippen MR) is 83.7 cm³/mol. The van der Waals surface area contributed by atoms with Gasteiger partial charge in [-0.15, -0.1) is 11.8 Å². The highest BCUT2D eigenvalue weighted by molar-refractivity contribution is 7.98. The van der Waals surface area contributed by atoms with Crippen LogP contribution in [-0.2, 0) is 0 Å². The SMILES string of the molecule is CSc1ccccc1OCCCC(=O)c1ccccc1. The summed E-state index contributed by atoms with van der Waals surface area (Å²) in [5.41, 5.74) is 0.775. The van der Waals surface area contributed by atoms with Gasteiger partial charge in [0.25, 0.3) is 0 Å². The predicted octanol–water partition coefficient (Wildman–Crippen LogP) is 4.45. The van der Waals surface area contributed by atoms with Crippen LogP contribution in [0.2, 0.25) is 0 Å². The summed E-state index contributed by atoms with van der Waals surface area (Å²) in [4.78, 5) is 13.0. The Morgan fingerprint density at radius 2 is 1.75 bits per heavy atom. The minimum atomic E-state index is 0.173. The Morgan fingerprint density at radius 1 is 1.05 bits per heavy atom. The van der Waals surface area contributed by atoms with Crippen LogP contribution in [0.1, 0.15) is 23.2 Å². The van der Waals surface area contributed by atoms with E-state index in [9.17, 15) is 4.79 Å². The number of carbonyl (C=O) groups is 1.